The van der Waals surface area contributed by atoms with Gasteiger partial charge in [-0.3, -0.25) is 4.90 Å². The first-order chi connectivity index (χ1) is 8.13. The Kier molecular flexibility index (Phi) is 4.23. The van der Waals surface area contributed by atoms with Crippen LogP contribution in [0.5, 0.6) is 0 Å². The maximum atomic E-state index is 6.00. The normalized spacial score (nSPS) is 23.5. The van der Waals surface area contributed by atoms with Crippen molar-refractivity contribution < 1.29 is 0 Å². The van der Waals surface area contributed by atoms with E-state index in [0.717, 1.165) is 18.4 Å². The first-order valence-electron chi connectivity index (χ1n) is 6.61. The number of nitrogens with zero attached hydrogens (tertiary/aromatic N) is 1. The van der Waals surface area contributed by atoms with E-state index in [4.69, 9.17) is 5.73 Å². The van der Waals surface area contributed by atoms with Gasteiger partial charge in [-0.25, -0.2) is 0 Å². The second-order valence-electron chi connectivity index (χ2n) is 5.51. The summed E-state index contributed by atoms with van der Waals surface area (Å²) in [7, 11) is 0. The summed E-state index contributed by atoms with van der Waals surface area (Å²) in [4.78, 5) is 4.06. The van der Waals surface area contributed by atoms with E-state index in [1.54, 1.807) is 0 Å². The third-order valence-corrected chi connectivity index (χ3v) is 5.19. The molecule has 1 aliphatic heterocycles. The van der Waals surface area contributed by atoms with Gasteiger partial charge < -0.3 is 5.73 Å². The molecule has 96 valence electrons. The van der Waals surface area contributed by atoms with E-state index < -0.39 is 0 Å². The average Bonchev–Trinajstić information content (AvgIpc) is 2.90. The van der Waals surface area contributed by atoms with Crippen molar-refractivity contribution in [2.75, 3.05) is 19.6 Å². The van der Waals surface area contributed by atoms with Crippen molar-refractivity contribution >= 4 is 11.3 Å². The van der Waals surface area contributed by atoms with E-state index in [2.05, 4.69) is 37.1 Å². The molecule has 2 N–H and O–H groups in total. The zero-order valence-electron chi connectivity index (χ0n) is 11.1. The van der Waals surface area contributed by atoms with Gasteiger partial charge in [0.25, 0.3) is 0 Å². The zero-order chi connectivity index (χ0) is 12.4. The summed E-state index contributed by atoms with van der Waals surface area (Å²) in [6.45, 7) is 10.0. The highest BCUT2D eigenvalue weighted by Crippen LogP contribution is 2.33. The van der Waals surface area contributed by atoms with E-state index in [-0.39, 0.29) is 0 Å². The molecule has 2 unspecified atom stereocenters. The first-order valence-corrected chi connectivity index (χ1v) is 7.49. The quantitative estimate of drug-likeness (QED) is 0.892. The fraction of sp³-hybridized carbons (Fsp3) is 0.714. The van der Waals surface area contributed by atoms with Crippen molar-refractivity contribution in [2.45, 2.75) is 33.2 Å². The van der Waals surface area contributed by atoms with Crippen LogP contribution in [0.4, 0.5) is 0 Å². The maximum Gasteiger partial charge on any atom is 0.0567 e. The van der Waals surface area contributed by atoms with Crippen LogP contribution in [0, 0.1) is 18.8 Å². The van der Waals surface area contributed by atoms with Crippen molar-refractivity contribution in [3.8, 4) is 0 Å². The Morgan fingerprint density at radius 2 is 2.29 bits per heavy atom. The molecule has 0 amide bonds. The second-order valence-corrected chi connectivity index (χ2v) is 6.45. The Balaban J connectivity index is 2.08. The number of likely N-dealkylation sites (tertiary alicyclic amines) is 1. The van der Waals surface area contributed by atoms with E-state index in [1.165, 1.54) is 30.0 Å². The lowest BCUT2D eigenvalue weighted by molar-refractivity contribution is 0.234. The van der Waals surface area contributed by atoms with Gasteiger partial charge in [-0.05, 0) is 48.7 Å². The Labute approximate surface area is 109 Å². The van der Waals surface area contributed by atoms with Crippen LogP contribution in [0.25, 0.3) is 0 Å². The molecule has 1 aliphatic rings. The molecule has 1 aromatic rings. The molecular weight excluding hydrogens is 228 g/mol. The predicted molar refractivity (Wildman–Crippen MR) is 75.4 cm³/mol. The minimum Gasteiger partial charge on any atom is -0.329 e. The monoisotopic (exact) mass is 252 g/mol. The fourth-order valence-electron chi connectivity index (χ4n) is 2.79. The van der Waals surface area contributed by atoms with Crippen molar-refractivity contribution in [3.63, 3.8) is 0 Å². The van der Waals surface area contributed by atoms with Crippen molar-refractivity contribution in [1.29, 1.82) is 0 Å². The molecule has 1 saturated heterocycles. The molecule has 2 rings (SSSR count). The number of aryl methyl sites for hydroxylation is 1. The van der Waals surface area contributed by atoms with Gasteiger partial charge in [0.05, 0.1) is 6.04 Å². The summed E-state index contributed by atoms with van der Waals surface area (Å²) in [5.74, 6) is 1.65. The molecule has 17 heavy (non-hydrogen) atoms. The number of hydrogen-bond donors (Lipinski definition) is 1. The van der Waals surface area contributed by atoms with Crippen molar-refractivity contribution in [1.82, 2.24) is 4.90 Å². The predicted octanol–water partition coefficient (Wildman–Crippen LogP) is 3.03. The van der Waals surface area contributed by atoms with Crippen LogP contribution in [0.3, 0.4) is 0 Å². The van der Waals surface area contributed by atoms with Gasteiger partial charge in [0.2, 0.25) is 0 Å². The molecule has 0 aliphatic carbocycles. The number of hydrogen-bond acceptors (Lipinski definition) is 3. The van der Waals surface area contributed by atoms with Gasteiger partial charge in [-0.2, -0.15) is 0 Å². The molecule has 2 atom stereocenters. The number of nitrogens with two attached hydrogens (primary N) is 1. The Morgan fingerprint density at radius 3 is 2.76 bits per heavy atom. The molecule has 0 aromatic carbocycles. The van der Waals surface area contributed by atoms with Gasteiger partial charge in [0.1, 0.15) is 0 Å². The minimum atomic E-state index is 0.443. The van der Waals surface area contributed by atoms with E-state index in [1.807, 2.05) is 11.3 Å². The number of thiophene rings is 1. The van der Waals surface area contributed by atoms with Crippen LogP contribution in [0.15, 0.2) is 11.4 Å². The standard InChI is InChI=1S/C14H24N2S/c1-10(2)12-4-6-16(9-12)13(8-15)14-11(3)5-7-17-14/h5,7,10,12-13H,4,6,8-9,15H2,1-3H3. The summed E-state index contributed by atoms with van der Waals surface area (Å²) in [5.41, 5.74) is 7.40. The fourth-order valence-corrected chi connectivity index (χ4v) is 3.87. The van der Waals surface area contributed by atoms with Crippen LogP contribution in [-0.2, 0) is 0 Å². The van der Waals surface area contributed by atoms with Gasteiger partial charge in [-0.1, -0.05) is 13.8 Å². The Hall–Kier alpha value is -0.380. The molecular formula is C14H24N2S. The van der Waals surface area contributed by atoms with Gasteiger partial charge in [0.15, 0.2) is 0 Å². The van der Waals surface area contributed by atoms with E-state index in [9.17, 15) is 0 Å². The molecule has 1 fully saturated rings. The van der Waals surface area contributed by atoms with Crippen LogP contribution in [0.2, 0.25) is 0 Å². The lowest BCUT2D eigenvalue weighted by Gasteiger charge is -2.27. The molecule has 3 heteroatoms. The maximum absolute atomic E-state index is 6.00. The molecule has 0 bridgehead atoms. The highest BCUT2D eigenvalue weighted by Gasteiger charge is 2.30. The summed E-state index contributed by atoms with van der Waals surface area (Å²) in [6.07, 6.45) is 1.33. The minimum absolute atomic E-state index is 0.443. The summed E-state index contributed by atoms with van der Waals surface area (Å²) in [5, 5.41) is 2.18. The van der Waals surface area contributed by atoms with Crippen LogP contribution < -0.4 is 5.73 Å². The Morgan fingerprint density at radius 1 is 1.53 bits per heavy atom. The van der Waals surface area contributed by atoms with Crippen LogP contribution >= 0.6 is 11.3 Å². The van der Waals surface area contributed by atoms with E-state index in [0.29, 0.717) is 6.04 Å². The smallest absolute Gasteiger partial charge is 0.0567 e. The highest BCUT2D eigenvalue weighted by molar-refractivity contribution is 7.10. The second kappa shape index (κ2) is 5.51. The third-order valence-electron chi connectivity index (χ3n) is 4.07. The topological polar surface area (TPSA) is 29.3 Å². The lowest BCUT2D eigenvalue weighted by atomic mass is 9.95. The molecule has 1 aromatic heterocycles. The van der Waals surface area contributed by atoms with Crippen LogP contribution in [-0.4, -0.2) is 24.5 Å². The summed E-state index contributed by atoms with van der Waals surface area (Å²) >= 11 is 1.86. The largest absolute Gasteiger partial charge is 0.329 e. The van der Waals surface area contributed by atoms with Gasteiger partial charge in [0, 0.05) is 18.0 Å². The average molecular weight is 252 g/mol. The van der Waals surface area contributed by atoms with E-state index >= 15 is 0 Å². The molecule has 2 heterocycles. The van der Waals surface area contributed by atoms with Crippen LogP contribution in [0.1, 0.15) is 36.8 Å². The number of rotatable bonds is 4. The molecule has 0 saturated carbocycles. The molecule has 0 spiro atoms. The molecule has 0 radical (unpaired) electrons. The highest BCUT2D eigenvalue weighted by atomic mass is 32.1. The van der Waals surface area contributed by atoms with Gasteiger partial charge >= 0.3 is 0 Å². The van der Waals surface area contributed by atoms with Crippen molar-refractivity contribution in [2.24, 2.45) is 17.6 Å². The third kappa shape index (κ3) is 2.72. The Bertz CT molecular complexity index is 359. The SMILES string of the molecule is Cc1ccsc1C(CN)N1CCC(C(C)C)C1. The summed E-state index contributed by atoms with van der Waals surface area (Å²) < 4.78 is 0. The lowest BCUT2D eigenvalue weighted by Crippen LogP contribution is -2.32. The molecule has 2 nitrogen and oxygen atoms in total. The summed E-state index contributed by atoms with van der Waals surface area (Å²) in [6, 6.07) is 2.65. The first kappa shape index (κ1) is 13.1. The zero-order valence-corrected chi connectivity index (χ0v) is 12.0. The van der Waals surface area contributed by atoms with Crippen molar-refractivity contribution in [3.05, 3.63) is 21.9 Å². The van der Waals surface area contributed by atoms with Gasteiger partial charge in [-0.15, -0.1) is 11.3 Å².